The summed E-state index contributed by atoms with van der Waals surface area (Å²) in [6.45, 7) is 4.56. The van der Waals surface area contributed by atoms with Crippen LogP contribution in [0.2, 0.25) is 0 Å². The number of carbonyl (C=O) groups excluding carboxylic acids is 1. The third-order valence-corrected chi connectivity index (χ3v) is 4.67. The second-order valence-electron chi connectivity index (χ2n) is 5.32. The first-order valence-electron chi connectivity index (χ1n) is 7.89. The van der Waals surface area contributed by atoms with Crippen LogP contribution in [0.25, 0.3) is 0 Å². The third kappa shape index (κ3) is 6.42. The molecule has 1 aliphatic rings. The molecule has 1 aliphatic carbocycles. The average molecular weight is 390 g/mol. The fraction of sp³-hybridized carbons (Fsp3) is 0.706. The first-order valence-corrected chi connectivity index (χ1v) is 8.97. The van der Waals surface area contributed by atoms with Gasteiger partial charge in [0.1, 0.15) is 0 Å². The Balaban J connectivity index is 2.67. The van der Waals surface area contributed by atoms with E-state index in [4.69, 9.17) is 4.74 Å². The first kappa shape index (κ1) is 17.7. The lowest BCUT2D eigenvalue weighted by molar-refractivity contribution is -0.146. The van der Waals surface area contributed by atoms with E-state index in [1.165, 1.54) is 34.8 Å². The van der Waals surface area contributed by atoms with Gasteiger partial charge in [0, 0.05) is 0 Å². The summed E-state index contributed by atoms with van der Waals surface area (Å²) in [5.41, 5.74) is 1.30. The van der Waals surface area contributed by atoms with Gasteiger partial charge in [0.05, 0.1) is 12.5 Å². The highest BCUT2D eigenvalue weighted by atomic mass is 127. The van der Waals surface area contributed by atoms with E-state index in [1.807, 2.05) is 6.92 Å². The van der Waals surface area contributed by atoms with Gasteiger partial charge in [-0.15, -0.1) is 0 Å². The molecule has 2 nitrogen and oxygen atoms in total. The highest BCUT2D eigenvalue weighted by Crippen LogP contribution is 2.29. The fourth-order valence-electron chi connectivity index (χ4n) is 2.51. The minimum absolute atomic E-state index is 0.0448. The highest BCUT2D eigenvalue weighted by Gasteiger charge is 2.24. The predicted molar refractivity (Wildman–Crippen MR) is 92.9 cm³/mol. The van der Waals surface area contributed by atoms with Gasteiger partial charge in [-0.2, -0.15) is 0 Å². The summed E-state index contributed by atoms with van der Waals surface area (Å²) in [5.74, 6) is -0.0989. The number of allylic oxidation sites excluding steroid dienone is 3. The van der Waals surface area contributed by atoms with Gasteiger partial charge in [0.2, 0.25) is 0 Å². The molecule has 0 bridgehead atoms. The second-order valence-corrected chi connectivity index (χ2v) is 6.71. The van der Waals surface area contributed by atoms with Gasteiger partial charge in [-0.3, -0.25) is 4.79 Å². The quantitative estimate of drug-likeness (QED) is 0.308. The largest absolute Gasteiger partial charge is 0.466 e. The zero-order valence-corrected chi connectivity index (χ0v) is 14.9. The summed E-state index contributed by atoms with van der Waals surface area (Å²) in [5, 5.41) is 0. The molecule has 0 aromatic heterocycles. The lowest BCUT2D eigenvalue weighted by atomic mass is 9.87. The van der Waals surface area contributed by atoms with E-state index in [-0.39, 0.29) is 11.9 Å². The van der Waals surface area contributed by atoms with E-state index >= 15 is 0 Å². The Kier molecular flexibility index (Phi) is 9.23. The first-order chi connectivity index (χ1) is 9.69. The van der Waals surface area contributed by atoms with Crippen LogP contribution in [-0.2, 0) is 9.53 Å². The average Bonchev–Trinajstić information content (AvgIpc) is 2.46. The number of unbranched alkanes of at least 4 members (excludes halogenated alkanes) is 1. The van der Waals surface area contributed by atoms with Gasteiger partial charge < -0.3 is 4.74 Å². The molecule has 0 heterocycles. The van der Waals surface area contributed by atoms with Crippen LogP contribution in [0.3, 0.4) is 0 Å². The summed E-state index contributed by atoms with van der Waals surface area (Å²) in [6.07, 6.45) is 13.5. The number of hydrogen-bond acceptors (Lipinski definition) is 2. The summed E-state index contributed by atoms with van der Waals surface area (Å²) in [6, 6.07) is 0. The minimum Gasteiger partial charge on any atom is -0.466 e. The Morgan fingerprint density at radius 3 is 2.85 bits per heavy atom. The number of ether oxygens (including phenoxy) is 1. The molecule has 0 saturated heterocycles. The molecule has 0 aromatic rings. The molecule has 0 aliphatic heterocycles. The van der Waals surface area contributed by atoms with Crippen molar-refractivity contribution in [3.8, 4) is 0 Å². The Labute approximate surface area is 137 Å². The maximum Gasteiger partial charge on any atom is 0.313 e. The molecule has 20 heavy (non-hydrogen) atoms. The van der Waals surface area contributed by atoms with E-state index in [1.54, 1.807) is 0 Å². The number of esters is 1. The van der Waals surface area contributed by atoms with Crippen molar-refractivity contribution in [1.82, 2.24) is 0 Å². The monoisotopic (exact) mass is 390 g/mol. The summed E-state index contributed by atoms with van der Waals surface area (Å²) in [7, 11) is 0. The Hall–Kier alpha value is -0.320. The molecular weight excluding hydrogens is 363 g/mol. The van der Waals surface area contributed by atoms with Crippen molar-refractivity contribution in [3.05, 3.63) is 21.3 Å². The SMILES string of the molecule is CCCC/C(I)=C/CC(C(=O)OCC)C1=CCCCC1. The van der Waals surface area contributed by atoms with Crippen LogP contribution in [0.1, 0.15) is 65.2 Å². The number of rotatable bonds is 8. The maximum atomic E-state index is 12.2. The van der Waals surface area contributed by atoms with Crippen LogP contribution in [0, 0.1) is 5.92 Å². The van der Waals surface area contributed by atoms with Crippen molar-refractivity contribution in [2.24, 2.45) is 5.92 Å². The molecule has 114 valence electrons. The standard InChI is InChI=1S/C17H27IO2/c1-3-5-11-15(18)12-13-16(17(19)20-4-2)14-9-7-6-8-10-14/h9,12,16H,3-8,10-11,13H2,1-2H3/b15-12-. The molecule has 1 rings (SSSR count). The van der Waals surface area contributed by atoms with E-state index in [2.05, 4.69) is 41.7 Å². The van der Waals surface area contributed by atoms with Gasteiger partial charge in [0.15, 0.2) is 0 Å². The zero-order chi connectivity index (χ0) is 14.8. The Morgan fingerprint density at radius 1 is 1.45 bits per heavy atom. The molecule has 0 N–H and O–H groups in total. The highest BCUT2D eigenvalue weighted by molar-refractivity contribution is 14.1. The van der Waals surface area contributed by atoms with Gasteiger partial charge in [0.25, 0.3) is 0 Å². The number of carbonyl (C=O) groups is 1. The van der Waals surface area contributed by atoms with Crippen LogP contribution < -0.4 is 0 Å². The van der Waals surface area contributed by atoms with E-state index in [9.17, 15) is 4.79 Å². The van der Waals surface area contributed by atoms with Gasteiger partial charge >= 0.3 is 5.97 Å². The molecule has 0 saturated carbocycles. The predicted octanol–water partition coefficient (Wildman–Crippen LogP) is 5.57. The molecule has 0 radical (unpaired) electrons. The van der Waals surface area contributed by atoms with Crippen molar-refractivity contribution in [1.29, 1.82) is 0 Å². The van der Waals surface area contributed by atoms with Crippen LogP contribution in [0.15, 0.2) is 21.3 Å². The van der Waals surface area contributed by atoms with Crippen molar-refractivity contribution >= 4 is 28.6 Å². The third-order valence-electron chi connectivity index (χ3n) is 3.69. The second kappa shape index (κ2) is 10.4. The summed E-state index contributed by atoms with van der Waals surface area (Å²) < 4.78 is 6.63. The van der Waals surface area contributed by atoms with Gasteiger partial charge in [-0.05, 0) is 78.0 Å². The maximum absolute atomic E-state index is 12.2. The van der Waals surface area contributed by atoms with Gasteiger partial charge in [-0.25, -0.2) is 0 Å². The van der Waals surface area contributed by atoms with Crippen molar-refractivity contribution in [2.75, 3.05) is 6.61 Å². The molecule has 0 amide bonds. The molecule has 1 atom stereocenters. The van der Waals surface area contributed by atoms with Crippen molar-refractivity contribution < 1.29 is 9.53 Å². The van der Waals surface area contributed by atoms with Crippen molar-refractivity contribution in [2.45, 2.75) is 65.2 Å². The Morgan fingerprint density at radius 2 is 2.25 bits per heavy atom. The van der Waals surface area contributed by atoms with Gasteiger partial charge in [-0.1, -0.05) is 31.1 Å². The zero-order valence-electron chi connectivity index (χ0n) is 12.8. The topological polar surface area (TPSA) is 26.3 Å². The van der Waals surface area contributed by atoms with Crippen LogP contribution >= 0.6 is 22.6 Å². The summed E-state index contributed by atoms with van der Waals surface area (Å²) >= 11 is 2.40. The molecule has 1 unspecified atom stereocenters. The van der Waals surface area contributed by atoms with Crippen LogP contribution in [0.5, 0.6) is 0 Å². The normalized spacial score (nSPS) is 17.6. The van der Waals surface area contributed by atoms with Crippen LogP contribution in [0.4, 0.5) is 0 Å². The molecule has 3 heteroatoms. The van der Waals surface area contributed by atoms with Crippen LogP contribution in [-0.4, -0.2) is 12.6 Å². The molecule has 0 spiro atoms. The number of halogens is 1. The van der Waals surface area contributed by atoms with E-state index in [0.29, 0.717) is 6.61 Å². The van der Waals surface area contributed by atoms with E-state index < -0.39 is 0 Å². The summed E-state index contributed by atoms with van der Waals surface area (Å²) in [4.78, 5) is 12.2. The van der Waals surface area contributed by atoms with E-state index in [0.717, 1.165) is 25.7 Å². The number of hydrogen-bond donors (Lipinski definition) is 0. The molecular formula is C17H27IO2. The molecule has 0 aromatic carbocycles. The smallest absolute Gasteiger partial charge is 0.313 e. The minimum atomic E-state index is -0.0540. The van der Waals surface area contributed by atoms with Crippen molar-refractivity contribution in [3.63, 3.8) is 0 Å². The lowest BCUT2D eigenvalue weighted by Crippen LogP contribution is -2.20. The Bertz CT molecular complexity index is 358. The fourth-order valence-corrected chi connectivity index (χ4v) is 3.15. The molecule has 0 fully saturated rings. The lowest BCUT2D eigenvalue weighted by Gasteiger charge is -2.21.